The lowest BCUT2D eigenvalue weighted by atomic mass is 10.0. The fourth-order valence-electron chi connectivity index (χ4n) is 1.98. The van der Waals surface area contributed by atoms with E-state index in [2.05, 4.69) is 0 Å². The van der Waals surface area contributed by atoms with Gasteiger partial charge in [0, 0.05) is 6.42 Å². The summed E-state index contributed by atoms with van der Waals surface area (Å²) in [5.74, 6) is -2.55. The van der Waals surface area contributed by atoms with Gasteiger partial charge in [0.25, 0.3) is 5.91 Å². The molecule has 1 fully saturated rings. The van der Waals surface area contributed by atoms with E-state index in [1.54, 1.807) is 0 Å². The summed E-state index contributed by atoms with van der Waals surface area (Å²) in [6, 6.07) is 5.17. The molecule has 0 spiro atoms. The number of hydrogen-bond acceptors (Lipinski definition) is 2. The maximum atomic E-state index is 12.9. The van der Waals surface area contributed by atoms with Gasteiger partial charge in [0.15, 0.2) is 0 Å². The first-order valence-corrected chi connectivity index (χ1v) is 6.00. The van der Waals surface area contributed by atoms with Crippen molar-refractivity contribution in [3.8, 4) is 0 Å². The second-order valence-corrected chi connectivity index (χ2v) is 4.48. The zero-order valence-electron chi connectivity index (χ0n) is 10.4. The van der Waals surface area contributed by atoms with Crippen LogP contribution in [0.15, 0.2) is 24.3 Å². The number of alkyl halides is 2. The molecular weight excluding hydrogens is 259 g/mol. The van der Waals surface area contributed by atoms with Crippen molar-refractivity contribution < 1.29 is 22.8 Å². The first-order valence-electron chi connectivity index (χ1n) is 6.00. The molecule has 0 aromatic heterocycles. The Hall–Kier alpha value is -1.56. The lowest BCUT2D eigenvalue weighted by molar-refractivity contribution is -0.185. The van der Waals surface area contributed by atoms with Crippen LogP contribution in [-0.2, 0) is 9.63 Å². The van der Waals surface area contributed by atoms with Crippen LogP contribution < -0.4 is 0 Å². The molecule has 1 saturated heterocycles. The Kier molecular flexibility index (Phi) is 4.09. The van der Waals surface area contributed by atoms with Gasteiger partial charge in [0.1, 0.15) is 5.82 Å². The van der Waals surface area contributed by atoms with Crippen molar-refractivity contribution in [1.29, 1.82) is 0 Å². The molecular formula is C13H14F3NO2. The van der Waals surface area contributed by atoms with Crippen LogP contribution in [0.5, 0.6) is 0 Å². The fourth-order valence-corrected chi connectivity index (χ4v) is 1.98. The van der Waals surface area contributed by atoms with E-state index in [1.807, 2.05) is 0 Å². The molecule has 0 bridgehead atoms. The van der Waals surface area contributed by atoms with E-state index < -0.39 is 24.3 Å². The van der Waals surface area contributed by atoms with Gasteiger partial charge in [-0.1, -0.05) is 12.1 Å². The minimum atomic E-state index is -2.73. The van der Waals surface area contributed by atoms with Crippen molar-refractivity contribution in [2.24, 2.45) is 5.92 Å². The third-order valence-electron chi connectivity index (χ3n) is 3.14. The Bertz CT molecular complexity index is 450. The number of halogens is 3. The molecule has 3 nitrogen and oxygen atoms in total. The molecule has 0 saturated carbocycles. The topological polar surface area (TPSA) is 29.5 Å². The van der Waals surface area contributed by atoms with E-state index in [0.29, 0.717) is 12.0 Å². The van der Waals surface area contributed by atoms with Crippen LogP contribution in [0, 0.1) is 11.7 Å². The number of rotatable bonds is 3. The van der Waals surface area contributed by atoms with Gasteiger partial charge in [0.05, 0.1) is 18.6 Å². The lowest BCUT2D eigenvalue weighted by Crippen LogP contribution is -2.36. The molecule has 1 aromatic carbocycles. The molecule has 6 heteroatoms. The molecule has 1 amide bonds. The first-order chi connectivity index (χ1) is 9.00. The fraction of sp³-hybridized carbons (Fsp3) is 0.462. The quantitative estimate of drug-likeness (QED) is 0.847. The van der Waals surface area contributed by atoms with Crippen LogP contribution in [0.25, 0.3) is 0 Å². The summed E-state index contributed by atoms with van der Waals surface area (Å²) in [6.07, 6.45) is -2.22. The van der Waals surface area contributed by atoms with Gasteiger partial charge in [-0.2, -0.15) is 0 Å². The van der Waals surface area contributed by atoms with Crippen LogP contribution in [-0.4, -0.2) is 24.0 Å². The van der Waals surface area contributed by atoms with Crippen molar-refractivity contribution >= 4 is 5.91 Å². The summed E-state index contributed by atoms with van der Waals surface area (Å²) >= 11 is 0. The number of nitrogens with zero attached hydrogens (tertiary/aromatic N) is 1. The summed E-state index contributed by atoms with van der Waals surface area (Å²) in [5, 5.41) is 0.990. The van der Waals surface area contributed by atoms with Crippen LogP contribution in [0.2, 0.25) is 0 Å². The summed E-state index contributed by atoms with van der Waals surface area (Å²) < 4.78 is 38.0. The van der Waals surface area contributed by atoms with Crippen LogP contribution in [0.4, 0.5) is 13.2 Å². The number of amides is 1. The minimum Gasteiger partial charge on any atom is -0.272 e. The van der Waals surface area contributed by atoms with E-state index >= 15 is 0 Å². The third kappa shape index (κ3) is 2.89. The average Bonchev–Trinajstić information content (AvgIpc) is 2.87. The Morgan fingerprint density at radius 2 is 2.00 bits per heavy atom. The number of hydrogen-bond donors (Lipinski definition) is 0. The second-order valence-electron chi connectivity index (χ2n) is 4.48. The standard InChI is InChI=1S/C13H14F3NO2/c1-8(12(15)16)13(18)17-11(6-7-19-17)9-2-4-10(14)5-3-9/h2-5,8,11-12H,6-7H2,1H3/t8-,11-/m0/s1. The monoisotopic (exact) mass is 273 g/mol. The third-order valence-corrected chi connectivity index (χ3v) is 3.14. The predicted octanol–water partition coefficient (Wildman–Crippen LogP) is 2.93. The van der Waals surface area contributed by atoms with Gasteiger partial charge in [-0.05, 0) is 24.6 Å². The van der Waals surface area contributed by atoms with Gasteiger partial charge >= 0.3 is 0 Å². The Morgan fingerprint density at radius 1 is 1.37 bits per heavy atom. The van der Waals surface area contributed by atoms with Gasteiger partial charge in [-0.25, -0.2) is 18.2 Å². The highest BCUT2D eigenvalue weighted by atomic mass is 19.3. The minimum absolute atomic E-state index is 0.281. The van der Waals surface area contributed by atoms with Crippen molar-refractivity contribution in [1.82, 2.24) is 5.06 Å². The molecule has 2 rings (SSSR count). The molecule has 0 radical (unpaired) electrons. The largest absolute Gasteiger partial charge is 0.272 e. The number of benzene rings is 1. The van der Waals surface area contributed by atoms with E-state index in [0.717, 1.165) is 12.0 Å². The second kappa shape index (κ2) is 5.61. The van der Waals surface area contributed by atoms with Gasteiger partial charge in [-0.3, -0.25) is 9.63 Å². The predicted molar refractivity (Wildman–Crippen MR) is 61.7 cm³/mol. The number of carbonyl (C=O) groups is 1. The molecule has 104 valence electrons. The Morgan fingerprint density at radius 3 is 2.58 bits per heavy atom. The molecule has 1 aliphatic heterocycles. The number of hydroxylamine groups is 2. The summed E-state index contributed by atoms with van der Waals surface area (Å²) in [5.41, 5.74) is 0.675. The molecule has 2 atom stereocenters. The van der Waals surface area contributed by atoms with Gasteiger partial charge in [0.2, 0.25) is 6.43 Å². The lowest BCUT2D eigenvalue weighted by Gasteiger charge is -2.25. The smallest absolute Gasteiger partial charge is 0.255 e. The molecule has 1 aromatic rings. The van der Waals surface area contributed by atoms with Crippen LogP contribution in [0.3, 0.4) is 0 Å². The molecule has 0 N–H and O–H groups in total. The summed E-state index contributed by atoms with van der Waals surface area (Å²) in [7, 11) is 0. The summed E-state index contributed by atoms with van der Waals surface area (Å²) in [6.45, 7) is 1.44. The normalized spacial score (nSPS) is 20.9. The highest BCUT2D eigenvalue weighted by molar-refractivity contribution is 5.78. The van der Waals surface area contributed by atoms with E-state index in [-0.39, 0.29) is 12.4 Å². The van der Waals surface area contributed by atoms with E-state index in [9.17, 15) is 18.0 Å². The molecule has 1 heterocycles. The van der Waals surface area contributed by atoms with Crippen molar-refractivity contribution in [2.45, 2.75) is 25.8 Å². The SMILES string of the molecule is C[C@H](C(=O)N1OCC[C@H]1c1ccc(F)cc1)C(F)F. The Balaban J connectivity index is 2.17. The van der Waals surface area contributed by atoms with E-state index in [1.165, 1.54) is 24.3 Å². The van der Waals surface area contributed by atoms with Crippen LogP contribution >= 0.6 is 0 Å². The Labute approximate surface area is 108 Å². The van der Waals surface area contributed by atoms with Crippen molar-refractivity contribution in [3.05, 3.63) is 35.6 Å². The van der Waals surface area contributed by atoms with Crippen molar-refractivity contribution in [3.63, 3.8) is 0 Å². The van der Waals surface area contributed by atoms with E-state index in [4.69, 9.17) is 4.84 Å². The maximum Gasteiger partial charge on any atom is 0.255 e. The number of carbonyl (C=O) groups excluding carboxylic acids is 1. The molecule has 19 heavy (non-hydrogen) atoms. The van der Waals surface area contributed by atoms with Crippen molar-refractivity contribution in [2.75, 3.05) is 6.61 Å². The highest BCUT2D eigenvalue weighted by Gasteiger charge is 2.37. The molecule has 1 aliphatic rings. The van der Waals surface area contributed by atoms with Gasteiger partial charge in [-0.15, -0.1) is 0 Å². The average molecular weight is 273 g/mol. The highest BCUT2D eigenvalue weighted by Crippen LogP contribution is 2.32. The van der Waals surface area contributed by atoms with Crippen LogP contribution in [0.1, 0.15) is 24.9 Å². The first kappa shape index (κ1) is 13.9. The summed E-state index contributed by atoms with van der Waals surface area (Å²) in [4.78, 5) is 17.0. The zero-order chi connectivity index (χ0) is 14.0. The van der Waals surface area contributed by atoms with Gasteiger partial charge < -0.3 is 0 Å². The zero-order valence-corrected chi connectivity index (χ0v) is 10.4. The maximum absolute atomic E-state index is 12.9. The molecule has 0 aliphatic carbocycles. The molecule has 0 unspecified atom stereocenters.